The first-order valence-corrected chi connectivity index (χ1v) is 8.66. The van der Waals surface area contributed by atoms with Crippen molar-refractivity contribution in [3.8, 4) is 0 Å². The van der Waals surface area contributed by atoms with Crippen LogP contribution in [0.25, 0.3) is 0 Å². The van der Waals surface area contributed by atoms with E-state index in [-0.39, 0.29) is 0 Å². The molecule has 1 heterocycles. The summed E-state index contributed by atoms with van der Waals surface area (Å²) in [5.41, 5.74) is 1.69. The Hall–Kier alpha value is -0.540. The molecular weight excluding hydrogens is 270 g/mol. The lowest BCUT2D eigenvalue weighted by atomic mass is 9.96. The van der Waals surface area contributed by atoms with Gasteiger partial charge < -0.3 is 5.32 Å². The minimum Gasteiger partial charge on any atom is -0.311 e. The van der Waals surface area contributed by atoms with Crippen LogP contribution in [-0.2, 0) is 6.54 Å². The second kappa shape index (κ2) is 6.48. The number of nitrogens with zero attached hydrogens (tertiary/aromatic N) is 2. The van der Waals surface area contributed by atoms with Gasteiger partial charge in [-0.25, -0.2) is 0 Å². The Kier molecular flexibility index (Phi) is 4.67. The van der Waals surface area contributed by atoms with Gasteiger partial charge in [0.15, 0.2) is 0 Å². The van der Waals surface area contributed by atoms with Crippen molar-refractivity contribution >= 4 is 11.6 Å². The number of hydrogen-bond acceptors (Lipinski definition) is 2. The van der Waals surface area contributed by atoms with Gasteiger partial charge in [0.25, 0.3) is 0 Å². The standard InChI is InChI=1S/C16H26ClN3/c17-10-9-16(7-8-16)13-18-12-14-6-11-20(19-14)15-4-2-1-3-5-15/h6,11,15,18H,1-5,7-10,12-13H2. The third-order valence-electron chi connectivity index (χ3n) is 5.00. The first kappa shape index (κ1) is 14.4. The van der Waals surface area contributed by atoms with Crippen LogP contribution in [-0.4, -0.2) is 22.2 Å². The monoisotopic (exact) mass is 295 g/mol. The highest BCUT2D eigenvalue weighted by molar-refractivity contribution is 6.17. The van der Waals surface area contributed by atoms with E-state index in [0.29, 0.717) is 11.5 Å². The molecular formula is C16H26ClN3. The average molecular weight is 296 g/mol. The van der Waals surface area contributed by atoms with E-state index < -0.39 is 0 Å². The van der Waals surface area contributed by atoms with Gasteiger partial charge in [-0.05, 0) is 43.6 Å². The fraction of sp³-hybridized carbons (Fsp3) is 0.812. The Morgan fingerprint density at radius 3 is 2.80 bits per heavy atom. The molecule has 0 amide bonds. The zero-order chi connectivity index (χ0) is 13.8. The molecule has 4 heteroatoms. The molecule has 0 radical (unpaired) electrons. The van der Waals surface area contributed by atoms with Gasteiger partial charge >= 0.3 is 0 Å². The minimum absolute atomic E-state index is 0.508. The lowest BCUT2D eigenvalue weighted by Crippen LogP contribution is -2.24. The smallest absolute Gasteiger partial charge is 0.0762 e. The highest BCUT2D eigenvalue weighted by Gasteiger charge is 2.41. The van der Waals surface area contributed by atoms with E-state index in [2.05, 4.69) is 22.3 Å². The largest absolute Gasteiger partial charge is 0.311 e. The van der Waals surface area contributed by atoms with Gasteiger partial charge in [-0.1, -0.05) is 19.3 Å². The lowest BCUT2D eigenvalue weighted by Gasteiger charge is -2.21. The molecule has 1 aromatic rings. The highest BCUT2D eigenvalue weighted by atomic mass is 35.5. The molecule has 0 bridgehead atoms. The summed E-state index contributed by atoms with van der Waals surface area (Å²) in [6, 6.07) is 2.81. The van der Waals surface area contributed by atoms with E-state index in [9.17, 15) is 0 Å². The maximum atomic E-state index is 5.87. The van der Waals surface area contributed by atoms with Crippen LogP contribution in [0.4, 0.5) is 0 Å². The molecule has 2 aliphatic rings. The van der Waals surface area contributed by atoms with Crippen molar-refractivity contribution in [2.45, 2.75) is 64.0 Å². The molecule has 0 aliphatic heterocycles. The van der Waals surface area contributed by atoms with Gasteiger partial charge in [0.05, 0.1) is 11.7 Å². The Bertz CT molecular complexity index is 419. The number of rotatable bonds is 7. The molecule has 0 atom stereocenters. The average Bonchev–Trinajstić information content (AvgIpc) is 3.07. The fourth-order valence-electron chi connectivity index (χ4n) is 3.37. The van der Waals surface area contributed by atoms with Crippen molar-refractivity contribution in [1.82, 2.24) is 15.1 Å². The third-order valence-corrected chi connectivity index (χ3v) is 5.19. The molecule has 0 unspecified atom stereocenters. The maximum Gasteiger partial charge on any atom is 0.0762 e. The number of hydrogen-bond donors (Lipinski definition) is 1. The minimum atomic E-state index is 0.508. The van der Waals surface area contributed by atoms with Crippen LogP contribution < -0.4 is 5.32 Å². The molecule has 1 N–H and O–H groups in total. The first-order valence-electron chi connectivity index (χ1n) is 8.12. The van der Waals surface area contributed by atoms with Gasteiger partial charge in [-0.3, -0.25) is 4.68 Å². The number of aromatic nitrogens is 2. The van der Waals surface area contributed by atoms with Crippen LogP contribution in [0, 0.1) is 5.41 Å². The molecule has 2 saturated carbocycles. The van der Waals surface area contributed by atoms with E-state index in [0.717, 1.165) is 25.4 Å². The topological polar surface area (TPSA) is 29.9 Å². The number of halogens is 1. The van der Waals surface area contributed by atoms with Crippen molar-refractivity contribution in [2.75, 3.05) is 12.4 Å². The summed E-state index contributed by atoms with van der Waals surface area (Å²) in [7, 11) is 0. The Morgan fingerprint density at radius 2 is 2.10 bits per heavy atom. The zero-order valence-corrected chi connectivity index (χ0v) is 13.0. The summed E-state index contributed by atoms with van der Waals surface area (Å²) in [6.07, 6.45) is 12.7. The first-order chi connectivity index (χ1) is 9.81. The van der Waals surface area contributed by atoms with Gasteiger partial charge in [0.1, 0.15) is 0 Å². The Labute approximate surface area is 127 Å². The van der Waals surface area contributed by atoms with Gasteiger partial charge in [0, 0.05) is 25.2 Å². The lowest BCUT2D eigenvalue weighted by molar-refractivity contribution is 0.327. The van der Waals surface area contributed by atoms with E-state index in [1.165, 1.54) is 50.6 Å². The van der Waals surface area contributed by atoms with Crippen LogP contribution in [0.1, 0.15) is 63.1 Å². The van der Waals surface area contributed by atoms with Crippen molar-refractivity contribution in [3.63, 3.8) is 0 Å². The molecule has 2 fully saturated rings. The molecule has 3 nitrogen and oxygen atoms in total. The van der Waals surface area contributed by atoms with Crippen molar-refractivity contribution < 1.29 is 0 Å². The molecule has 0 saturated heterocycles. The summed E-state index contributed by atoms with van der Waals surface area (Å²) >= 11 is 5.87. The number of alkyl halides is 1. The predicted molar refractivity (Wildman–Crippen MR) is 83.1 cm³/mol. The quantitative estimate of drug-likeness (QED) is 0.774. The molecule has 2 aliphatic carbocycles. The fourth-order valence-corrected chi connectivity index (χ4v) is 3.77. The summed E-state index contributed by atoms with van der Waals surface area (Å²) in [5, 5.41) is 8.32. The SMILES string of the molecule is ClCCC1(CNCc2ccn(C3CCCCC3)n2)CC1. The summed E-state index contributed by atoms with van der Waals surface area (Å²) < 4.78 is 2.20. The molecule has 0 aromatic carbocycles. The number of nitrogens with one attached hydrogen (secondary N) is 1. The molecule has 112 valence electrons. The molecule has 20 heavy (non-hydrogen) atoms. The molecule has 0 spiro atoms. The van der Waals surface area contributed by atoms with Crippen LogP contribution >= 0.6 is 11.6 Å². The van der Waals surface area contributed by atoms with Crippen LogP contribution in [0.2, 0.25) is 0 Å². The Balaban J connectivity index is 1.45. The summed E-state index contributed by atoms with van der Waals surface area (Å²) in [4.78, 5) is 0. The van der Waals surface area contributed by atoms with Gasteiger partial charge in [0.2, 0.25) is 0 Å². The second-order valence-electron chi connectivity index (χ2n) is 6.62. The van der Waals surface area contributed by atoms with Crippen LogP contribution in [0.15, 0.2) is 12.3 Å². The van der Waals surface area contributed by atoms with Crippen LogP contribution in [0.3, 0.4) is 0 Å². The van der Waals surface area contributed by atoms with Gasteiger partial charge in [-0.15, -0.1) is 11.6 Å². The van der Waals surface area contributed by atoms with Crippen molar-refractivity contribution in [2.24, 2.45) is 5.41 Å². The van der Waals surface area contributed by atoms with E-state index in [1.54, 1.807) is 0 Å². The highest BCUT2D eigenvalue weighted by Crippen LogP contribution is 2.48. The third kappa shape index (κ3) is 3.56. The van der Waals surface area contributed by atoms with Crippen molar-refractivity contribution in [1.29, 1.82) is 0 Å². The van der Waals surface area contributed by atoms with E-state index in [1.807, 2.05) is 0 Å². The second-order valence-corrected chi connectivity index (χ2v) is 7.00. The molecule has 1 aromatic heterocycles. The van der Waals surface area contributed by atoms with E-state index >= 15 is 0 Å². The van der Waals surface area contributed by atoms with Crippen molar-refractivity contribution in [3.05, 3.63) is 18.0 Å². The predicted octanol–water partition coefficient (Wildman–Crippen LogP) is 3.89. The summed E-state index contributed by atoms with van der Waals surface area (Å²) in [6.45, 7) is 1.99. The summed E-state index contributed by atoms with van der Waals surface area (Å²) in [5.74, 6) is 0.790. The zero-order valence-electron chi connectivity index (χ0n) is 12.3. The van der Waals surface area contributed by atoms with Crippen LogP contribution in [0.5, 0.6) is 0 Å². The van der Waals surface area contributed by atoms with E-state index in [4.69, 9.17) is 16.7 Å². The Morgan fingerprint density at radius 1 is 1.30 bits per heavy atom. The normalized spacial score (nSPS) is 22.1. The van der Waals surface area contributed by atoms with Gasteiger partial charge in [-0.2, -0.15) is 5.10 Å². The maximum absolute atomic E-state index is 5.87. The molecule has 3 rings (SSSR count).